The van der Waals surface area contributed by atoms with Gasteiger partial charge in [0.05, 0.1) is 5.56 Å². The topological polar surface area (TPSA) is 71.7 Å². The van der Waals surface area contributed by atoms with Crippen LogP contribution in [0.1, 0.15) is 22.8 Å². The minimum atomic E-state index is -4.72. The van der Waals surface area contributed by atoms with E-state index in [1.54, 1.807) is 25.1 Å². The molecule has 1 aliphatic rings. The van der Waals surface area contributed by atoms with Crippen molar-refractivity contribution in [2.45, 2.75) is 26.3 Å². The Morgan fingerprint density at radius 2 is 1.91 bits per heavy atom. The van der Waals surface area contributed by atoms with Gasteiger partial charge < -0.3 is 20.3 Å². The average Bonchev–Trinajstić information content (AvgIpc) is 2.78. The summed E-state index contributed by atoms with van der Waals surface area (Å²) < 4.78 is 41.6. The molecule has 9 heteroatoms. The molecule has 0 saturated carbocycles. The third-order valence-corrected chi connectivity index (χ3v) is 5.90. The Balaban J connectivity index is 1.49. The predicted octanol–water partition coefficient (Wildman–Crippen LogP) is 4.77. The number of alkyl halides is 3. The zero-order valence-corrected chi connectivity index (χ0v) is 18.8. The smallest absolute Gasteiger partial charge is 0.406 e. The Kier molecular flexibility index (Phi) is 6.37. The summed E-state index contributed by atoms with van der Waals surface area (Å²) in [5, 5.41) is 0. The maximum Gasteiger partial charge on any atom is 0.573 e. The van der Waals surface area contributed by atoms with Gasteiger partial charge >= 0.3 is 6.36 Å². The number of carbonyl (C=O) groups is 1. The summed E-state index contributed by atoms with van der Waals surface area (Å²) >= 11 is 0. The molecular weight excluding hydrogens is 445 g/mol. The fourth-order valence-electron chi connectivity index (χ4n) is 4.28. The highest BCUT2D eigenvalue weighted by molar-refractivity contribution is 5.92. The highest BCUT2D eigenvalue weighted by Gasteiger charge is 2.31. The summed E-state index contributed by atoms with van der Waals surface area (Å²) in [6, 6.07) is 16.0. The van der Waals surface area contributed by atoms with Crippen molar-refractivity contribution >= 4 is 17.4 Å². The molecule has 2 heterocycles. The third-order valence-electron chi connectivity index (χ3n) is 5.90. The number of aromatic nitrogens is 1. The maximum atomic E-state index is 12.5. The van der Waals surface area contributed by atoms with E-state index in [2.05, 4.69) is 32.5 Å². The van der Waals surface area contributed by atoms with Crippen LogP contribution in [0.5, 0.6) is 5.75 Å². The van der Waals surface area contributed by atoms with E-state index in [1.807, 2.05) is 18.2 Å². The molecule has 178 valence electrons. The molecule has 4 rings (SSSR count). The van der Waals surface area contributed by atoms with Crippen LogP contribution in [0.15, 0.2) is 60.8 Å². The van der Waals surface area contributed by atoms with Crippen LogP contribution in [0, 0.1) is 6.92 Å². The molecule has 0 radical (unpaired) electrons. The summed E-state index contributed by atoms with van der Waals surface area (Å²) in [6.45, 7) is 6.16. The SMILES string of the molecule is Cc1cc(OC(F)(F)F)ccc1-c1cccc(N2CCN(c3ccc(C(N)=O)cn3)C[C@@H]2C)c1. The average molecular weight is 470 g/mol. The Morgan fingerprint density at radius 1 is 1.12 bits per heavy atom. The van der Waals surface area contributed by atoms with Gasteiger partial charge in [0.25, 0.3) is 0 Å². The van der Waals surface area contributed by atoms with Gasteiger partial charge in [0.1, 0.15) is 11.6 Å². The lowest BCUT2D eigenvalue weighted by atomic mass is 9.99. The van der Waals surface area contributed by atoms with Crippen molar-refractivity contribution in [2.24, 2.45) is 5.73 Å². The van der Waals surface area contributed by atoms with Crippen LogP contribution in [0.25, 0.3) is 11.1 Å². The molecule has 1 fully saturated rings. The normalized spacial score (nSPS) is 16.4. The number of hydrogen-bond donors (Lipinski definition) is 1. The van der Waals surface area contributed by atoms with Crippen molar-refractivity contribution in [1.29, 1.82) is 0 Å². The van der Waals surface area contributed by atoms with Crippen LogP contribution in [-0.2, 0) is 0 Å². The summed E-state index contributed by atoms with van der Waals surface area (Å²) in [7, 11) is 0. The molecule has 6 nitrogen and oxygen atoms in total. The van der Waals surface area contributed by atoms with Gasteiger partial charge in [-0.05, 0) is 66.9 Å². The van der Waals surface area contributed by atoms with Crippen LogP contribution >= 0.6 is 0 Å². The lowest BCUT2D eigenvalue weighted by molar-refractivity contribution is -0.274. The molecule has 1 aliphatic heterocycles. The van der Waals surface area contributed by atoms with E-state index in [1.165, 1.54) is 18.3 Å². The summed E-state index contributed by atoms with van der Waals surface area (Å²) in [5.74, 6) is 0.0593. The van der Waals surface area contributed by atoms with Crippen molar-refractivity contribution in [3.8, 4) is 16.9 Å². The molecule has 3 aromatic rings. The molecule has 0 aliphatic carbocycles. The quantitative estimate of drug-likeness (QED) is 0.582. The van der Waals surface area contributed by atoms with Crippen molar-refractivity contribution in [3.05, 3.63) is 71.9 Å². The Labute approximate surface area is 195 Å². The van der Waals surface area contributed by atoms with E-state index in [0.717, 1.165) is 42.3 Å². The fraction of sp³-hybridized carbons (Fsp3) is 0.280. The van der Waals surface area contributed by atoms with Gasteiger partial charge in [-0.25, -0.2) is 4.98 Å². The number of aryl methyl sites for hydroxylation is 1. The Morgan fingerprint density at radius 3 is 2.53 bits per heavy atom. The van der Waals surface area contributed by atoms with E-state index in [-0.39, 0.29) is 11.8 Å². The Hall–Kier alpha value is -3.75. The third kappa shape index (κ3) is 5.24. The van der Waals surface area contributed by atoms with E-state index in [9.17, 15) is 18.0 Å². The second-order valence-corrected chi connectivity index (χ2v) is 8.33. The molecule has 0 unspecified atom stereocenters. The van der Waals surface area contributed by atoms with Gasteiger partial charge in [0.2, 0.25) is 5.91 Å². The van der Waals surface area contributed by atoms with Crippen molar-refractivity contribution in [3.63, 3.8) is 0 Å². The lowest BCUT2D eigenvalue weighted by Gasteiger charge is -2.42. The van der Waals surface area contributed by atoms with Gasteiger partial charge in [0.15, 0.2) is 0 Å². The number of pyridine rings is 1. The number of piperazine rings is 1. The number of nitrogens with zero attached hydrogens (tertiary/aromatic N) is 3. The monoisotopic (exact) mass is 470 g/mol. The highest BCUT2D eigenvalue weighted by atomic mass is 19.4. The fourth-order valence-corrected chi connectivity index (χ4v) is 4.28. The van der Waals surface area contributed by atoms with Gasteiger partial charge in [-0.15, -0.1) is 13.2 Å². The second kappa shape index (κ2) is 9.24. The van der Waals surface area contributed by atoms with Crippen LogP contribution in [0.4, 0.5) is 24.7 Å². The van der Waals surface area contributed by atoms with Crippen molar-refractivity contribution < 1.29 is 22.7 Å². The van der Waals surface area contributed by atoms with Gasteiger partial charge in [-0.3, -0.25) is 4.79 Å². The number of anilines is 2. The maximum absolute atomic E-state index is 12.5. The van der Waals surface area contributed by atoms with Crippen LogP contribution in [0.2, 0.25) is 0 Å². The first kappa shape index (κ1) is 23.4. The first-order valence-electron chi connectivity index (χ1n) is 10.8. The summed E-state index contributed by atoms with van der Waals surface area (Å²) in [6.07, 6.45) is -3.23. The van der Waals surface area contributed by atoms with Crippen molar-refractivity contribution in [2.75, 3.05) is 29.4 Å². The molecular formula is C25H25F3N4O2. The van der Waals surface area contributed by atoms with Gasteiger partial charge in [-0.1, -0.05) is 18.2 Å². The zero-order valence-electron chi connectivity index (χ0n) is 18.8. The molecule has 2 aromatic carbocycles. The lowest BCUT2D eigenvalue weighted by Crippen LogP contribution is -2.52. The summed E-state index contributed by atoms with van der Waals surface area (Å²) in [4.78, 5) is 20.1. The van der Waals surface area contributed by atoms with E-state index in [0.29, 0.717) is 11.1 Å². The largest absolute Gasteiger partial charge is 0.573 e. The molecule has 0 spiro atoms. The number of amides is 1. The number of hydrogen-bond acceptors (Lipinski definition) is 5. The second-order valence-electron chi connectivity index (χ2n) is 8.33. The van der Waals surface area contributed by atoms with E-state index in [4.69, 9.17) is 5.73 Å². The van der Waals surface area contributed by atoms with Crippen LogP contribution < -0.4 is 20.3 Å². The van der Waals surface area contributed by atoms with Crippen molar-refractivity contribution in [1.82, 2.24) is 4.98 Å². The Bertz CT molecular complexity index is 1180. The number of nitrogens with two attached hydrogens (primary N) is 1. The number of ether oxygens (including phenoxy) is 1. The minimum absolute atomic E-state index is 0.185. The molecule has 2 N–H and O–H groups in total. The molecule has 34 heavy (non-hydrogen) atoms. The number of halogens is 3. The molecule has 1 atom stereocenters. The highest BCUT2D eigenvalue weighted by Crippen LogP contribution is 2.32. The molecule has 1 aromatic heterocycles. The first-order valence-corrected chi connectivity index (χ1v) is 10.8. The van der Waals surface area contributed by atoms with Gasteiger partial charge in [0, 0.05) is 37.6 Å². The van der Waals surface area contributed by atoms with E-state index >= 15 is 0 Å². The van der Waals surface area contributed by atoms with Crippen LogP contribution in [-0.4, -0.2) is 42.9 Å². The standard InChI is InChI=1S/C25H25F3N4O2/c1-16-12-21(34-25(26,27)28)7-8-22(16)18-4-3-5-20(13-18)32-11-10-31(15-17(32)2)23-9-6-19(14-30-23)24(29)33/h3-9,12-14,17H,10-11,15H2,1-2H3,(H2,29,33)/t17-/m0/s1. The minimum Gasteiger partial charge on any atom is -0.406 e. The zero-order chi connectivity index (χ0) is 24.5. The molecule has 1 amide bonds. The van der Waals surface area contributed by atoms with Gasteiger partial charge in [-0.2, -0.15) is 0 Å². The number of carbonyl (C=O) groups excluding carboxylic acids is 1. The number of rotatable bonds is 5. The summed E-state index contributed by atoms with van der Waals surface area (Å²) in [5.41, 5.74) is 9.17. The van der Waals surface area contributed by atoms with Crippen LogP contribution in [0.3, 0.4) is 0 Å². The first-order chi connectivity index (χ1) is 16.1. The number of benzene rings is 2. The predicted molar refractivity (Wildman–Crippen MR) is 125 cm³/mol. The molecule has 0 bridgehead atoms. The van der Waals surface area contributed by atoms with E-state index < -0.39 is 12.3 Å². The number of primary amides is 1. The molecule has 1 saturated heterocycles.